The molecular formula is C23H21N. The summed E-state index contributed by atoms with van der Waals surface area (Å²) in [5.41, 5.74) is 8.96. The first-order valence-electron chi connectivity index (χ1n) is 8.02. The first kappa shape index (κ1) is 15.9. The zero-order valence-electron chi connectivity index (χ0n) is 14.4. The fraction of sp³-hybridized carbons (Fsp3) is 0.130. The van der Waals surface area contributed by atoms with Gasteiger partial charge in [-0.05, 0) is 49.6 Å². The predicted molar refractivity (Wildman–Crippen MR) is 103 cm³/mol. The minimum Gasteiger partial charge on any atom is -0.322 e. The van der Waals surface area contributed by atoms with E-state index in [0.29, 0.717) is 0 Å². The Kier molecular flexibility index (Phi) is 4.15. The minimum atomic E-state index is 0.903. The molecule has 1 heteroatoms. The van der Waals surface area contributed by atoms with Gasteiger partial charge < -0.3 is 4.57 Å². The fourth-order valence-electron chi connectivity index (χ4n) is 2.97. The SMILES string of the molecule is C#Cc1cn(-c2ccc(C(=C)C)c(C)c2)cc1-c1ccc(C)cc1. The second kappa shape index (κ2) is 6.26. The lowest BCUT2D eigenvalue weighted by molar-refractivity contribution is 1.07. The zero-order chi connectivity index (χ0) is 17.3. The number of nitrogens with zero attached hydrogens (tertiary/aromatic N) is 1. The average Bonchev–Trinajstić information content (AvgIpc) is 2.99. The van der Waals surface area contributed by atoms with Gasteiger partial charge in [0.2, 0.25) is 0 Å². The molecule has 0 atom stereocenters. The van der Waals surface area contributed by atoms with Crippen LogP contribution in [-0.2, 0) is 0 Å². The van der Waals surface area contributed by atoms with Crippen molar-refractivity contribution < 1.29 is 0 Å². The quantitative estimate of drug-likeness (QED) is 0.541. The molecule has 0 aliphatic carbocycles. The van der Waals surface area contributed by atoms with E-state index >= 15 is 0 Å². The summed E-state index contributed by atoms with van der Waals surface area (Å²) in [6.07, 6.45) is 9.85. The van der Waals surface area contributed by atoms with Crippen molar-refractivity contribution in [3.63, 3.8) is 0 Å². The molecule has 3 rings (SSSR count). The number of aryl methyl sites for hydroxylation is 2. The first-order valence-corrected chi connectivity index (χ1v) is 8.02. The van der Waals surface area contributed by atoms with Crippen LogP contribution in [0.2, 0.25) is 0 Å². The summed E-state index contributed by atoms with van der Waals surface area (Å²) in [7, 11) is 0. The van der Waals surface area contributed by atoms with E-state index in [1.54, 1.807) is 0 Å². The summed E-state index contributed by atoms with van der Waals surface area (Å²) in [5, 5.41) is 0. The number of allylic oxidation sites excluding steroid dienone is 1. The van der Waals surface area contributed by atoms with Crippen molar-refractivity contribution in [1.82, 2.24) is 4.57 Å². The Morgan fingerprint density at radius 1 is 1.04 bits per heavy atom. The Labute approximate surface area is 144 Å². The van der Waals surface area contributed by atoms with Crippen molar-refractivity contribution in [2.45, 2.75) is 20.8 Å². The molecule has 0 radical (unpaired) electrons. The van der Waals surface area contributed by atoms with Gasteiger partial charge in [0.25, 0.3) is 0 Å². The van der Waals surface area contributed by atoms with Gasteiger partial charge in [-0.3, -0.25) is 0 Å². The van der Waals surface area contributed by atoms with Crippen LogP contribution in [0.5, 0.6) is 0 Å². The highest BCUT2D eigenvalue weighted by Gasteiger charge is 2.09. The van der Waals surface area contributed by atoms with E-state index in [2.05, 4.69) is 79.6 Å². The van der Waals surface area contributed by atoms with E-state index < -0.39 is 0 Å². The van der Waals surface area contributed by atoms with Crippen molar-refractivity contribution in [3.8, 4) is 29.2 Å². The van der Waals surface area contributed by atoms with Gasteiger partial charge in [0.05, 0.1) is 5.56 Å². The van der Waals surface area contributed by atoms with Gasteiger partial charge in [0.1, 0.15) is 0 Å². The minimum absolute atomic E-state index is 0.903. The Morgan fingerprint density at radius 2 is 1.75 bits per heavy atom. The largest absolute Gasteiger partial charge is 0.322 e. The van der Waals surface area contributed by atoms with Crippen LogP contribution < -0.4 is 0 Å². The van der Waals surface area contributed by atoms with Crippen LogP contribution in [-0.4, -0.2) is 4.57 Å². The van der Waals surface area contributed by atoms with Gasteiger partial charge in [-0.2, -0.15) is 0 Å². The van der Waals surface area contributed by atoms with Crippen molar-refractivity contribution >= 4 is 5.57 Å². The lowest BCUT2D eigenvalue weighted by atomic mass is 10.0. The molecule has 3 aromatic rings. The van der Waals surface area contributed by atoms with Gasteiger partial charge in [-0.15, -0.1) is 6.42 Å². The van der Waals surface area contributed by atoms with Crippen LogP contribution in [0.15, 0.2) is 61.4 Å². The maximum Gasteiger partial charge on any atom is 0.0501 e. The maximum atomic E-state index is 5.73. The summed E-state index contributed by atoms with van der Waals surface area (Å²) < 4.78 is 2.10. The lowest BCUT2D eigenvalue weighted by Gasteiger charge is -2.09. The fourth-order valence-corrected chi connectivity index (χ4v) is 2.97. The Hall–Kier alpha value is -2.98. The topological polar surface area (TPSA) is 4.93 Å². The van der Waals surface area contributed by atoms with Gasteiger partial charge in [-0.25, -0.2) is 0 Å². The Morgan fingerprint density at radius 3 is 2.33 bits per heavy atom. The Balaban J connectivity index is 2.08. The van der Waals surface area contributed by atoms with Crippen LogP contribution in [0.3, 0.4) is 0 Å². The monoisotopic (exact) mass is 311 g/mol. The molecule has 0 bridgehead atoms. The normalized spacial score (nSPS) is 10.4. The van der Waals surface area contributed by atoms with E-state index in [9.17, 15) is 0 Å². The molecule has 2 aromatic carbocycles. The smallest absolute Gasteiger partial charge is 0.0501 e. The number of rotatable bonds is 3. The molecule has 0 saturated carbocycles. The molecule has 24 heavy (non-hydrogen) atoms. The van der Waals surface area contributed by atoms with Crippen LogP contribution in [0.1, 0.15) is 29.2 Å². The molecule has 1 aromatic heterocycles. The van der Waals surface area contributed by atoms with Crippen molar-refractivity contribution in [1.29, 1.82) is 0 Å². The molecule has 118 valence electrons. The maximum absolute atomic E-state index is 5.73. The van der Waals surface area contributed by atoms with E-state index in [0.717, 1.165) is 28.0 Å². The van der Waals surface area contributed by atoms with Crippen molar-refractivity contribution in [3.05, 3.63) is 83.7 Å². The molecule has 1 nitrogen and oxygen atoms in total. The molecule has 0 amide bonds. The third kappa shape index (κ3) is 2.92. The Bertz CT molecular complexity index is 947. The molecule has 0 saturated heterocycles. The predicted octanol–water partition coefficient (Wildman–Crippen LogP) is 5.78. The molecule has 0 aliphatic rings. The van der Waals surface area contributed by atoms with Crippen LogP contribution in [0.4, 0.5) is 0 Å². The second-order valence-electron chi connectivity index (χ2n) is 6.28. The molecule has 0 N–H and O–H groups in total. The average molecular weight is 311 g/mol. The molecule has 0 aliphatic heterocycles. The summed E-state index contributed by atoms with van der Waals surface area (Å²) >= 11 is 0. The molecule has 0 spiro atoms. The van der Waals surface area contributed by atoms with E-state index in [-0.39, 0.29) is 0 Å². The molecule has 0 fully saturated rings. The summed E-state index contributed by atoms with van der Waals surface area (Å²) in [5.74, 6) is 2.81. The van der Waals surface area contributed by atoms with E-state index in [4.69, 9.17) is 6.42 Å². The van der Waals surface area contributed by atoms with Crippen molar-refractivity contribution in [2.24, 2.45) is 0 Å². The summed E-state index contributed by atoms with van der Waals surface area (Å²) in [6.45, 7) is 10.3. The van der Waals surface area contributed by atoms with Gasteiger partial charge in [0.15, 0.2) is 0 Å². The first-order chi connectivity index (χ1) is 11.5. The van der Waals surface area contributed by atoms with Crippen molar-refractivity contribution in [2.75, 3.05) is 0 Å². The second-order valence-corrected chi connectivity index (χ2v) is 6.28. The van der Waals surface area contributed by atoms with Gasteiger partial charge in [0, 0.05) is 23.6 Å². The third-order valence-corrected chi connectivity index (χ3v) is 4.31. The van der Waals surface area contributed by atoms with Gasteiger partial charge in [-0.1, -0.05) is 54.0 Å². The van der Waals surface area contributed by atoms with E-state index in [1.165, 1.54) is 16.7 Å². The number of terminal acetylenes is 1. The highest BCUT2D eigenvalue weighted by atomic mass is 14.9. The molecule has 0 unspecified atom stereocenters. The van der Waals surface area contributed by atoms with Crippen LogP contribution in [0, 0.1) is 26.2 Å². The van der Waals surface area contributed by atoms with Crippen LogP contribution in [0.25, 0.3) is 22.4 Å². The standard InChI is InChI=1S/C23H21N/c1-6-19-14-24(15-23(19)20-9-7-17(4)8-10-20)21-11-12-22(16(2)3)18(5)13-21/h1,7-15H,2H2,3-5H3. The number of benzene rings is 2. The molecule has 1 heterocycles. The van der Waals surface area contributed by atoms with E-state index in [1.807, 2.05) is 13.1 Å². The zero-order valence-corrected chi connectivity index (χ0v) is 14.4. The summed E-state index contributed by atoms with van der Waals surface area (Å²) in [6, 6.07) is 14.8. The lowest BCUT2D eigenvalue weighted by Crippen LogP contribution is -1.93. The highest BCUT2D eigenvalue weighted by molar-refractivity contribution is 5.72. The highest BCUT2D eigenvalue weighted by Crippen LogP contribution is 2.28. The number of hydrogen-bond donors (Lipinski definition) is 0. The third-order valence-electron chi connectivity index (χ3n) is 4.31. The van der Waals surface area contributed by atoms with Crippen LogP contribution >= 0.6 is 0 Å². The van der Waals surface area contributed by atoms with Gasteiger partial charge >= 0.3 is 0 Å². The number of hydrogen-bond acceptors (Lipinski definition) is 0. The molecular weight excluding hydrogens is 290 g/mol. The number of aromatic nitrogens is 1. The summed E-state index contributed by atoms with van der Waals surface area (Å²) in [4.78, 5) is 0.